The highest BCUT2D eigenvalue weighted by Gasteiger charge is 2.14. The van der Waals surface area contributed by atoms with E-state index in [0.29, 0.717) is 29.7 Å². The van der Waals surface area contributed by atoms with E-state index in [4.69, 9.17) is 14.5 Å². The van der Waals surface area contributed by atoms with Gasteiger partial charge in [-0.2, -0.15) is 0 Å². The highest BCUT2D eigenvalue weighted by Crippen LogP contribution is 2.28. The average Bonchev–Trinajstić information content (AvgIpc) is 3.07. The Morgan fingerprint density at radius 1 is 1.14 bits per heavy atom. The number of ether oxygens (including phenoxy) is 2. The molecule has 2 aromatic carbocycles. The summed E-state index contributed by atoms with van der Waals surface area (Å²) in [4.78, 5) is 17.1. The van der Waals surface area contributed by atoms with Crippen LogP contribution in [0, 0.1) is 5.92 Å². The first-order valence-electron chi connectivity index (χ1n) is 9.57. The maximum atomic E-state index is 12.4. The Bertz CT molecular complexity index is 985. The molecule has 0 aliphatic carbocycles. The molecule has 0 spiro atoms. The fourth-order valence-electron chi connectivity index (χ4n) is 3.08. The number of para-hydroxylation sites is 2. The molecule has 1 N–H and O–H groups in total. The molecule has 1 aromatic heterocycles. The predicted molar refractivity (Wildman–Crippen MR) is 117 cm³/mol. The monoisotopic (exact) mass is 413 g/mol. The Labute approximate surface area is 175 Å². The minimum Gasteiger partial charge on any atom is -0.493 e. The van der Waals surface area contributed by atoms with Gasteiger partial charge < -0.3 is 19.4 Å². The van der Waals surface area contributed by atoms with E-state index in [1.165, 1.54) is 11.8 Å². The number of amides is 1. The summed E-state index contributed by atoms with van der Waals surface area (Å²) in [6.07, 6.45) is 0. The van der Waals surface area contributed by atoms with E-state index in [0.717, 1.165) is 28.3 Å². The second-order valence-electron chi connectivity index (χ2n) is 7.14. The van der Waals surface area contributed by atoms with Gasteiger partial charge in [0, 0.05) is 13.1 Å². The van der Waals surface area contributed by atoms with Crippen molar-refractivity contribution in [3.8, 4) is 11.5 Å². The quantitative estimate of drug-likeness (QED) is 0.535. The summed E-state index contributed by atoms with van der Waals surface area (Å²) in [6, 6.07) is 13.7. The van der Waals surface area contributed by atoms with Crippen molar-refractivity contribution >= 4 is 28.7 Å². The first-order chi connectivity index (χ1) is 14.0. The zero-order valence-corrected chi connectivity index (χ0v) is 18.1. The molecule has 0 atom stereocenters. The minimum absolute atomic E-state index is 0.0343. The number of hydrogen-bond donors (Lipinski definition) is 1. The van der Waals surface area contributed by atoms with Crippen LogP contribution in [0.5, 0.6) is 11.5 Å². The van der Waals surface area contributed by atoms with Gasteiger partial charge in [-0.15, -0.1) is 0 Å². The number of fused-ring (bicyclic) bond motifs is 1. The molecule has 0 fully saturated rings. The van der Waals surface area contributed by atoms with Gasteiger partial charge in [-0.05, 0) is 35.7 Å². The first kappa shape index (κ1) is 21.0. The number of methoxy groups -OCH3 is 2. The van der Waals surface area contributed by atoms with Crippen LogP contribution < -0.4 is 14.8 Å². The number of rotatable bonds is 9. The Morgan fingerprint density at radius 3 is 2.62 bits per heavy atom. The molecule has 0 saturated carbocycles. The number of aromatic nitrogens is 2. The molecular formula is C22H27N3O3S. The normalized spacial score (nSPS) is 11.1. The standard InChI is InChI=1S/C22H27N3O3S/c1-15(2)13-25-18-8-6-5-7-17(18)24-22(25)29-14-21(26)23-12-16-9-10-19(27-3)20(11-16)28-4/h5-11,15H,12-14H2,1-4H3,(H,23,26). The fraction of sp³-hybridized carbons (Fsp3) is 0.364. The van der Waals surface area contributed by atoms with Crippen molar-refractivity contribution in [3.63, 3.8) is 0 Å². The van der Waals surface area contributed by atoms with Crippen molar-refractivity contribution in [2.45, 2.75) is 32.1 Å². The largest absolute Gasteiger partial charge is 0.493 e. The van der Waals surface area contributed by atoms with E-state index in [1.807, 2.05) is 36.4 Å². The summed E-state index contributed by atoms with van der Waals surface area (Å²) in [7, 11) is 3.20. The molecule has 0 aliphatic rings. The van der Waals surface area contributed by atoms with Crippen LogP contribution in [0.3, 0.4) is 0 Å². The van der Waals surface area contributed by atoms with Gasteiger partial charge in [-0.25, -0.2) is 4.98 Å². The van der Waals surface area contributed by atoms with E-state index in [2.05, 4.69) is 29.8 Å². The molecule has 0 saturated heterocycles. The number of carbonyl (C=O) groups is 1. The third-order valence-electron chi connectivity index (χ3n) is 4.44. The van der Waals surface area contributed by atoms with Crippen LogP contribution in [-0.2, 0) is 17.9 Å². The summed E-state index contributed by atoms with van der Waals surface area (Å²) < 4.78 is 12.8. The van der Waals surface area contributed by atoms with Gasteiger partial charge in [0.05, 0.1) is 31.0 Å². The zero-order chi connectivity index (χ0) is 20.8. The summed E-state index contributed by atoms with van der Waals surface area (Å²) in [5.74, 6) is 2.09. The molecule has 3 rings (SSSR count). The first-order valence-corrected chi connectivity index (χ1v) is 10.6. The lowest BCUT2D eigenvalue weighted by Gasteiger charge is -2.12. The Hall–Kier alpha value is -2.67. The second-order valence-corrected chi connectivity index (χ2v) is 8.08. The van der Waals surface area contributed by atoms with Crippen LogP contribution in [-0.4, -0.2) is 35.4 Å². The van der Waals surface area contributed by atoms with Crippen LogP contribution in [0.15, 0.2) is 47.6 Å². The number of nitrogens with zero attached hydrogens (tertiary/aromatic N) is 2. The number of carbonyl (C=O) groups excluding carboxylic acids is 1. The highest BCUT2D eigenvalue weighted by molar-refractivity contribution is 7.99. The van der Waals surface area contributed by atoms with Crippen LogP contribution in [0.4, 0.5) is 0 Å². The van der Waals surface area contributed by atoms with Gasteiger partial charge >= 0.3 is 0 Å². The molecule has 29 heavy (non-hydrogen) atoms. The van der Waals surface area contributed by atoms with Crippen LogP contribution in [0.2, 0.25) is 0 Å². The third-order valence-corrected chi connectivity index (χ3v) is 5.41. The number of nitrogens with one attached hydrogen (secondary N) is 1. The molecule has 6 nitrogen and oxygen atoms in total. The van der Waals surface area contributed by atoms with Crippen molar-refractivity contribution in [1.29, 1.82) is 0 Å². The maximum absolute atomic E-state index is 12.4. The summed E-state index contributed by atoms with van der Waals surface area (Å²) in [5, 5.41) is 3.83. The Balaban J connectivity index is 1.62. The van der Waals surface area contributed by atoms with Gasteiger partial charge in [-0.3, -0.25) is 4.79 Å². The summed E-state index contributed by atoms with van der Waals surface area (Å²) in [5.41, 5.74) is 3.02. The lowest BCUT2D eigenvalue weighted by Crippen LogP contribution is -2.24. The molecule has 0 bridgehead atoms. The Kier molecular flexibility index (Phi) is 7.04. The number of benzene rings is 2. The van der Waals surface area contributed by atoms with Gasteiger partial charge in [0.25, 0.3) is 0 Å². The third kappa shape index (κ3) is 5.23. The molecule has 154 valence electrons. The average molecular weight is 414 g/mol. The highest BCUT2D eigenvalue weighted by atomic mass is 32.2. The maximum Gasteiger partial charge on any atom is 0.230 e. The van der Waals surface area contributed by atoms with Crippen molar-refractivity contribution in [2.75, 3.05) is 20.0 Å². The van der Waals surface area contributed by atoms with E-state index in [1.54, 1.807) is 14.2 Å². The molecular weight excluding hydrogens is 386 g/mol. The van der Waals surface area contributed by atoms with E-state index in [-0.39, 0.29) is 5.91 Å². The van der Waals surface area contributed by atoms with Gasteiger partial charge in [0.2, 0.25) is 5.91 Å². The van der Waals surface area contributed by atoms with Gasteiger partial charge in [0.15, 0.2) is 16.7 Å². The minimum atomic E-state index is -0.0343. The summed E-state index contributed by atoms with van der Waals surface area (Å²) in [6.45, 7) is 5.66. The molecule has 1 amide bonds. The van der Waals surface area contributed by atoms with Crippen molar-refractivity contribution in [3.05, 3.63) is 48.0 Å². The van der Waals surface area contributed by atoms with Crippen LogP contribution in [0.25, 0.3) is 11.0 Å². The second kappa shape index (κ2) is 9.69. The Morgan fingerprint density at radius 2 is 1.90 bits per heavy atom. The van der Waals surface area contributed by atoms with Crippen LogP contribution in [0.1, 0.15) is 19.4 Å². The summed E-state index contributed by atoms with van der Waals surface area (Å²) >= 11 is 1.47. The molecule has 1 heterocycles. The lowest BCUT2D eigenvalue weighted by atomic mass is 10.2. The fourth-order valence-corrected chi connectivity index (χ4v) is 3.93. The number of imidazole rings is 1. The van der Waals surface area contributed by atoms with Gasteiger partial charge in [0.1, 0.15) is 0 Å². The van der Waals surface area contributed by atoms with E-state index in [9.17, 15) is 4.79 Å². The van der Waals surface area contributed by atoms with E-state index >= 15 is 0 Å². The molecule has 0 unspecified atom stereocenters. The molecule has 7 heteroatoms. The topological polar surface area (TPSA) is 65.4 Å². The van der Waals surface area contributed by atoms with Crippen molar-refractivity contribution < 1.29 is 14.3 Å². The smallest absolute Gasteiger partial charge is 0.230 e. The molecule has 0 radical (unpaired) electrons. The number of hydrogen-bond acceptors (Lipinski definition) is 5. The molecule has 0 aliphatic heterocycles. The van der Waals surface area contributed by atoms with Crippen molar-refractivity contribution in [1.82, 2.24) is 14.9 Å². The van der Waals surface area contributed by atoms with E-state index < -0.39 is 0 Å². The number of thioether (sulfide) groups is 1. The zero-order valence-electron chi connectivity index (χ0n) is 17.3. The SMILES string of the molecule is COc1ccc(CNC(=O)CSc2nc3ccccc3n2CC(C)C)cc1OC. The van der Waals surface area contributed by atoms with Crippen LogP contribution >= 0.6 is 11.8 Å². The lowest BCUT2D eigenvalue weighted by molar-refractivity contribution is -0.118. The molecule has 3 aromatic rings. The van der Waals surface area contributed by atoms with Gasteiger partial charge in [-0.1, -0.05) is 43.8 Å². The van der Waals surface area contributed by atoms with Crippen molar-refractivity contribution in [2.24, 2.45) is 5.92 Å². The predicted octanol–water partition coefficient (Wildman–Crippen LogP) is 4.12.